The summed E-state index contributed by atoms with van der Waals surface area (Å²) in [4.78, 5) is 23.7. The van der Waals surface area contributed by atoms with Gasteiger partial charge in [0.15, 0.2) is 0 Å². The van der Waals surface area contributed by atoms with E-state index in [4.69, 9.17) is 15.5 Å². The van der Waals surface area contributed by atoms with Gasteiger partial charge in [-0.15, -0.1) is 0 Å². The van der Waals surface area contributed by atoms with Crippen molar-refractivity contribution in [1.29, 1.82) is 0 Å². The lowest BCUT2D eigenvalue weighted by Gasteiger charge is -2.31. The number of benzene rings is 4. The van der Waals surface area contributed by atoms with Crippen molar-refractivity contribution in [2.75, 3.05) is 4.90 Å². The Bertz CT molecular complexity index is 1570. The van der Waals surface area contributed by atoms with Crippen molar-refractivity contribution in [3.8, 4) is 0 Å². The molecule has 1 atom stereocenters. The number of aliphatic imine (C=N–C) groups is 1. The van der Waals surface area contributed by atoms with Crippen molar-refractivity contribution in [3.63, 3.8) is 0 Å². The number of aromatic nitrogens is 1. The third kappa shape index (κ3) is 6.18. The highest BCUT2D eigenvalue weighted by Crippen LogP contribution is 2.26. The zero-order valence-corrected chi connectivity index (χ0v) is 22.2. The second-order valence-electron chi connectivity index (χ2n) is 9.68. The molecule has 0 aliphatic heterocycles. The van der Waals surface area contributed by atoms with Crippen LogP contribution in [0.2, 0.25) is 0 Å². The molecule has 6 heteroatoms. The lowest BCUT2D eigenvalue weighted by atomic mass is 10.0. The normalized spacial score (nSPS) is 12.3. The summed E-state index contributed by atoms with van der Waals surface area (Å²) >= 11 is 0. The molecule has 5 rings (SSSR count). The summed E-state index contributed by atoms with van der Waals surface area (Å²) in [5, 5.41) is 1.05. The highest BCUT2D eigenvalue weighted by Gasteiger charge is 2.32. The van der Waals surface area contributed by atoms with Gasteiger partial charge in [-0.1, -0.05) is 83.9 Å². The van der Waals surface area contributed by atoms with E-state index in [1.54, 1.807) is 4.90 Å². The Morgan fingerprint density at radius 2 is 1.51 bits per heavy atom. The van der Waals surface area contributed by atoms with Gasteiger partial charge in [0, 0.05) is 29.2 Å². The molecule has 1 aromatic heterocycles. The van der Waals surface area contributed by atoms with Crippen LogP contribution in [0.4, 0.5) is 11.4 Å². The topological polar surface area (TPSA) is 83.7 Å². The van der Waals surface area contributed by atoms with E-state index in [-0.39, 0.29) is 18.5 Å². The Hall–Kier alpha value is -4.84. The number of esters is 1. The van der Waals surface area contributed by atoms with Crippen LogP contribution in [0, 0.1) is 13.8 Å². The van der Waals surface area contributed by atoms with E-state index < -0.39 is 6.04 Å². The monoisotopic (exact) mass is 516 g/mol. The molecule has 3 N–H and O–H groups in total. The van der Waals surface area contributed by atoms with Gasteiger partial charge in [-0.25, -0.2) is 9.79 Å². The number of fused-ring (bicyclic) bond motifs is 1. The van der Waals surface area contributed by atoms with Crippen LogP contribution in [0.5, 0.6) is 0 Å². The molecule has 4 aromatic carbocycles. The number of carbonyl (C=O) groups is 1. The molecule has 0 fully saturated rings. The smallest absolute Gasteiger partial charge is 0.329 e. The van der Waals surface area contributed by atoms with Gasteiger partial charge in [0.25, 0.3) is 0 Å². The lowest BCUT2D eigenvalue weighted by Crippen LogP contribution is -2.50. The number of anilines is 1. The molecular formula is C33H32N4O2. The third-order valence-electron chi connectivity index (χ3n) is 6.73. The molecule has 5 aromatic rings. The first-order chi connectivity index (χ1) is 19.0. The highest BCUT2D eigenvalue weighted by molar-refractivity contribution is 6.02. The Balaban J connectivity index is 1.56. The SMILES string of the molecule is Cc1ccc(N=C(N)N(c2ccc(C)cc2)C(Cc2c[nH]c3ccccc23)C(=O)OCc2ccccc2)cc1. The van der Waals surface area contributed by atoms with E-state index in [1.165, 1.54) is 0 Å². The number of guanidine groups is 1. The summed E-state index contributed by atoms with van der Waals surface area (Å²) < 4.78 is 5.89. The highest BCUT2D eigenvalue weighted by atomic mass is 16.5. The number of hydrogen-bond donors (Lipinski definition) is 2. The van der Waals surface area contributed by atoms with Crippen LogP contribution >= 0.6 is 0 Å². The van der Waals surface area contributed by atoms with Crippen molar-refractivity contribution in [2.45, 2.75) is 32.9 Å². The Labute approximate surface area is 228 Å². The predicted octanol–water partition coefficient (Wildman–Crippen LogP) is 6.59. The van der Waals surface area contributed by atoms with E-state index >= 15 is 0 Å². The summed E-state index contributed by atoms with van der Waals surface area (Å²) in [6, 6.07) is 32.7. The number of nitrogens with two attached hydrogens (primary N) is 1. The molecule has 39 heavy (non-hydrogen) atoms. The van der Waals surface area contributed by atoms with Gasteiger partial charge in [0.05, 0.1) is 5.69 Å². The van der Waals surface area contributed by atoms with Crippen molar-refractivity contribution >= 4 is 34.2 Å². The molecule has 0 spiro atoms. The number of H-pyrrole nitrogens is 1. The average Bonchev–Trinajstić information content (AvgIpc) is 3.37. The molecule has 0 amide bonds. The molecular weight excluding hydrogens is 484 g/mol. The number of rotatable bonds is 8. The summed E-state index contributed by atoms with van der Waals surface area (Å²) in [5.41, 5.74) is 13.3. The molecule has 0 aliphatic rings. The van der Waals surface area contributed by atoms with Crippen molar-refractivity contribution in [2.24, 2.45) is 10.7 Å². The van der Waals surface area contributed by atoms with E-state index in [0.717, 1.165) is 38.8 Å². The number of aryl methyl sites for hydroxylation is 2. The number of nitrogens with zero attached hydrogens (tertiary/aromatic N) is 2. The number of carbonyl (C=O) groups excluding carboxylic acids is 1. The fourth-order valence-electron chi connectivity index (χ4n) is 4.60. The molecule has 0 bridgehead atoms. The number of aromatic amines is 1. The van der Waals surface area contributed by atoms with Crippen LogP contribution in [0.15, 0.2) is 114 Å². The molecule has 6 nitrogen and oxygen atoms in total. The second kappa shape index (κ2) is 11.7. The van der Waals surface area contributed by atoms with E-state index in [0.29, 0.717) is 12.1 Å². The Morgan fingerprint density at radius 3 is 2.23 bits per heavy atom. The standard InChI is InChI=1S/C33H32N4O2/c1-23-12-16-27(17-13-23)36-33(34)37(28-18-14-24(2)15-19-28)31(32(38)39-22-25-8-4-3-5-9-25)20-26-21-35-30-11-7-6-10-29(26)30/h3-19,21,31,35H,20,22H2,1-2H3,(H2,34,36). The predicted molar refractivity (Wildman–Crippen MR) is 158 cm³/mol. The van der Waals surface area contributed by atoms with Gasteiger partial charge >= 0.3 is 5.97 Å². The Morgan fingerprint density at radius 1 is 0.872 bits per heavy atom. The quantitative estimate of drug-likeness (QED) is 0.138. The van der Waals surface area contributed by atoms with Crippen LogP contribution in [0.1, 0.15) is 22.3 Å². The molecule has 0 saturated carbocycles. The zero-order valence-electron chi connectivity index (χ0n) is 22.2. The van der Waals surface area contributed by atoms with Crippen LogP contribution < -0.4 is 10.6 Å². The molecule has 196 valence electrons. The van der Waals surface area contributed by atoms with Crippen molar-refractivity contribution in [1.82, 2.24) is 4.98 Å². The maximum absolute atomic E-state index is 13.9. The first-order valence-electron chi connectivity index (χ1n) is 13.0. The van der Waals surface area contributed by atoms with Gasteiger partial charge in [-0.2, -0.15) is 0 Å². The van der Waals surface area contributed by atoms with Crippen LogP contribution in [-0.2, 0) is 22.6 Å². The first kappa shape index (κ1) is 25.8. The summed E-state index contributed by atoms with van der Waals surface area (Å²) in [7, 11) is 0. The largest absolute Gasteiger partial charge is 0.459 e. The third-order valence-corrected chi connectivity index (χ3v) is 6.73. The lowest BCUT2D eigenvalue weighted by molar-refractivity contribution is -0.146. The Kier molecular flexibility index (Phi) is 7.73. The molecule has 0 aliphatic carbocycles. The summed E-state index contributed by atoms with van der Waals surface area (Å²) in [6.45, 7) is 4.21. The molecule has 1 unspecified atom stereocenters. The van der Waals surface area contributed by atoms with E-state index in [1.807, 2.05) is 123 Å². The minimum atomic E-state index is -0.759. The van der Waals surface area contributed by atoms with Crippen LogP contribution in [0.25, 0.3) is 10.9 Å². The zero-order chi connectivity index (χ0) is 27.2. The number of para-hydroxylation sites is 1. The summed E-state index contributed by atoms with van der Waals surface area (Å²) in [6.07, 6.45) is 2.32. The molecule has 0 saturated heterocycles. The van der Waals surface area contributed by atoms with E-state index in [9.17, 15) is 4.79 Å². The van der Waals surface area contributed by atoms with Gasteiger partial charge in [0.1, 0.15) is 12.6 Å². The fraction of sp³-hybridized carbons (Fsp3) is 0.152. The fourth-order valence-corrected chi connectivity index (χ4v) is 4.60. The summed E-state index contributed by atoms with van der Waals surface area (Å²) in [5.74, 6) is -0.170. The molecule has 1 heterocycles. The maximum Gasteiger partial charge on any atom is 0.329 e. The maximum atomic E-state index is 13.9. The van der Waals surface area contributed by atoms with Crippen molar-refractivity contribution in [3.05, 3.63) is 132 Å². The molecule has 0 radical (unpaired) electrons. The number of hydrogen-bond acceptors (Lipinski definition) is 3. The minimum absolute atomic E-state index is 0.167. The average molecular weight is 517 g/mol. The number of nitrogens with one attached hydrogen (secondary N) is 1. The second-order valence-corrected chi connectivity index (χ2v) is 9.68. The number of ether oxygens (including phenoxy) is 1. The van der Waals surface area contributed by atoms with E-state index in [2.05, 4.69) is 4.98 Å². The van der Waals surface area contributed by atoms with Gasteiger partial charge in [-0.3, -0.25) is 4.90 Å². The minimum Gasteiger partial charge on any atom is -0.459 e. The first-order valence-corrected chi connectivity index (χ1v) is 13.0. The van der Waals surface area contributed by atoms with Gasteiger partial charge < -0.3 is 15.5 Å². The van der Waals surface area contributed by atoms with Crippen molar-refractivity contribution < 1.29 is 9.53 Å². The van der Waals surface area contributed by atoms with Gasteiger partial charge in [0.2, 0.25) is 5.96 Å². The van der Waals surface area contributed by atoms with Gasteiger partial charge in [-0.05, 0) is 55.3 Å². The van der Waals surface area contributed by atoms with Crippen LogP contribution in [0.3, 0.4) is 0 Å². The van der Waals surface area contributed by atoms with Crippen LogP contribution in [-0.4, -0.2) is 23.0 Å².